The van der Waals surface area contributed by atoms with Gasteiger partial charge in [0, 0.05) is 6.20 Å². The van der Waals surface area contributed by atoms with Gasteiger partial charge in [-0.1, -0.05) is 12.7 Å². The highest BCUT2D eigenvalue weighted by Crippen LogP contribution is 2.12. The minimum absolute atomic E-state index is 0.00878. The third kappa shape index (κ3) is 4.40. The lowest BCUT2D eigenvalue weighted by atomic mass is 10.0. The van der Waals surface area contributed by atoms with Crippen molar-refractivity contribution in [3.8, 4) is 0 Å². The van der Waals surface area contributed by atoms with Gasteiger partial charge in [0.15, 0.2) is 5.54 Å². The third-order valence-electron chi connectivity index (χ3n) is 2.26. The summed E-state index contributed by atoms with van der Waals surface area (Å²) >= 11 is 3.21. The lowest BCUT2D eigenvalue weighted by Gasteiger charge is -2.25. The highest BCUT2D eigenvalue weighted by molar-refractivity contribution is 9.10. The van der Waals surface area contributed by atoms with Gasteiger partial charge in [0.2, 0.25) is 0 Å². The van der Waals surface area contributed by atoms with E-state index in [0.717, 1.165) is 4.47 Å². The zero-order valence-corrected chi connectivity index (χ0v) is 11.9. The van der Waals surface area contributed by atoms with Crippen LogP contribution in [0.25, 0.3) is 0 Å². The molecule has 0 aromatic carbocycles. The Hall–Kier alpha value is -1.83. The van der Waals surface area contributed by atoms with Gasteiger partial charge >= 0.3 is 12.1 Å². The molecule has 0 aliphatic carbocycles. The van der Waals surface area contributed by atoms with E-state index in [2.05, 4.69) is 32.9 Å². The molecule has 0 aliphatic heterocycles. The number of carboxylic acid groups (broad SMARTS) is 1. The van der Waals surface area contributed by atoms with Crippen molar-refractivity contribution in [3.63, 3.8) is 0 Å². The zero-order valence-electron chi connectivity index (χ0n) is 10.3. The molecule has 8 heteroatoms. The van der Waals surface area contributed by atoms with Gasteiger partial charge in [-0.05, 0) is 22.9 Å². The molecule has 0 radical (unpaired) electrons. The van der Waals surface area contributed by atoms with Gasteiger partial charge in [-0.2, -0.15) is 5.10 Å². The van der Waals surface area contributed by atoms with Crippen LogP contribution in [0.4, 0.5) is 4.79 Å². The largest absolute Gasteiger partial charge is 0.479 e. The van der Waals surface area contributed by atoms with Gasteiger partial charge in [0.05, 0.1) is 17.2 Å². The number of nitrogens with one attached hydrogen (secondary N) is 1. The monoisotopic (exact) mass is 331 g/mol. The normalized spacial score (nSPS) is 13.4. The number of carbonyl (C=O) groups is 2. The zero-order chi connectivity index (χ0) is 14.5. The van der Waals surface area contributed by atoms with Crippen LogP contribution in [-0.4, -0.2) is 39.1 Å². The van der Waals surface area contributed by atoms with Crippen molar-refractivity contribution in [1.29, 1.82) is 0 Å². The first-order valence-electron chi connectivity index (χ1n) is 5.34. The van der Waals surface area contributed by atoms with E-state index in [4.69, 9.17) is 4.74 Å². The summed E-state index contributed by atoms with van der Waals surface area (Å²) in [5, 5.41) is 15.5. The molecule has 7 nitrogen and oxygen atoms in total. The molecular formula is C11H14BrN3O4. The summed E-state index contributed by atoms with van der Waals surface area (Å²) in [7, 11) is 0. The van der Waals surface area contributed by atoms with E-state index < -0.39 is 17.6 Å². The van der Waals surface area contributed by atoms with E-state index in [1.54, 1.807) is 6.20 Å². The Kier molecular flexibility index (Phi) is 5.11. The van der Waals surface area contributed by atoms with E-state index in [9.17, 15) is 14.7 Å². The second-order valence-electron chi connectivity index (χ2n) is 4.01. The van der Waals surface area contributed by atoms with Crippen LogP contribution >= 0.6 is 15.9 Å². The fraction of sp³-hybridized carbons (Fsp3) is 0.364. The number of aromatic nitrogens is 2. The minimum atomic E-state index is -1.52. The molecular weight excluding hydrogens is 318 g/mol. The average Bonchev–Trinajstić information content (AvgIpc) is 2.71. The van der Waals surface area contributed by atoms with E-state index in [1.165, 1.54) is 23.9 Å². The van der Waals surface area contributed by atoms with E-state index in [1.807, 2.05) is 0 Å². The van der Waals surface area contributed by atoms with Crippen LogP contribution in [0, 0.1) is 0 Å². The van der Waals surface area contributed by atoms with Crippen LogP contribution < -0.4 is 5.32 Å². The van der Waals surface area contributed by atoms with Gasteiger partial charge in [-0.15, -0.1) is 0 Å². The van der Waals surface area contributed by atoms with E-state index >= 15 is 0 Å². The van der Waals surface area contributed by atoms with Gasteiger partial charge < -0.3 is 15.2 Å². The van der Waals surface area contributed by atoms with Crippen molar-refractivity contribution >= 4 is 28.0 Å². The fourth-order valence-electron chi connectivity index (χ4n) is 1.31. The molecule has 1 rings (SSSR count). The number of hydrogen-bond donors (Lipinski definition) is 2. The van der Waals surface area contributed by atoms with Crippen LogP contribution in [0.2, 0.25) is 0 Å². The third-order valence-corrected chi connectivity index (χ3v) is 2.67. The molecule has 0 saturated heterocycles. The van der Waals surface area contributed by atoms with Gasteiger partial charge in [-0.25, -0.2) is 9.59 Å². The number of carbonyl (C=O) groups excluding carboxylic acids is 1. The number of aliphatic carboxylic acids is 1. The fourth-order valence-corrected chi connectivity index (χ4v) is 1.63. The summed E-state index contributed by atoms with van der Waals surface area (Å²) in [4.78, 5) is 22.7. The van der Waals surface area contributed by atoms with Crippen LogP contribution in [0.5, 0.6) is 0 Å². The number of ether oxygens (including phenoxy) is 1. The Bertz CT molecular complexity index is 488. The number of hydrogen-bond acceptors (Lipinski definition) is 4. The molecule has 0 spiro atoms. The summed E-state index contributed by atoms with van der Waals surface area (Å²) in [5.74, 6) is -1.19. The molecule has 1 aromatic heterocycles. The van der Waals surface area contributed by atoms with Crippen LogP contribution in [0.15, 0.2) is 29.5 Å². The highest BCUT2D eigenvalue weighted by atomic mass is 79.9. The molecule has 0 bridgehead atoms. The number of nitrogens with zero attached hydrogens (tertiary/aromatic N) is 2. The molecule has 0 saturated carbocycles. The Labute approximate surface area is 118 Å². The molecule has 0 aliphatic rings. The predicted molar refractivity (Wildman–Crippen MR) is 70.6 cm³/mol. The Morgan fingerprint density at radius 3 is 2.89 bits per heavy atom. The summed E-state index contributed by atoms with van der Waals surface area (Å²) in [6.45, 7) is 4.75. The maximum absolute atomic E-state index is 11.4. The first-order valence-corrected chi connectivity index (χ1v) is 6.14. The van der Waals surface area contributed by atoms with E-state index in [0.29, 0.717) is 0 Å². The molecule has 2 N–H and O–H groups in total. The Morgan fingerprint density at radius 2 is 2.42 bits per heavy atom. The topological polar surface area (TPSA) is 93.5 Å². The van der Waals surface area contributed by atoms with Gasteiger partial charge in [-0.3, -0.25) is 4.68 Å². The highest BCUT2D eigenvalue weighted by Gasteiger charge is 2.36. The second-order valence-corrected chi connectivity index (χ2v) is 4.92. The van der Waals surface area contributed by atoms with Gasteiger partial charge in [0.25, 0.3) is 0 Å². The maximum Gasteiger partial charge on any atom is 0.408 e. The number of rotatable bonds is 6. The first kappa shape index (κ1) is 15.2. The predicted octanol–water partition coefficient (Wildman–Crippen LogP) is 1.40. The average molecular weight is 332 g/mol. The molecule has 1 heterocycles. The van der Waals surface area contributed by atoms with Crippen molar-refractivity contribution < 1.29 is 19.4 Å². The SMILES string of the molecule is C=CCOC(=O)NC(C)(Cn1cc(Br)cn1)C(=O)O. The van der Waals surface area contributed by atoms with Crippen molar-refractivity contribution in [3.05, 3.63) is 29.5 Å². The van der Waals surface area contributed by atoms with E-state index in [-0.39, 0.29) is 13.2 Å². The number of alkyl carbamates (subject to hydrolysis) is 1. The smallest absolute Gasteiger partial charge is 0.408 e. The Balaban J connectivity index is 2.76. The first-order chi connectivity index (χ1) is 8.87. The van der Waals surface area contributed by atoms with Crippen molar-refractivity contribution in [2.24, 2.45) is 0 Å². The number of carboxylic acids is 1. The molecule has 1 aromatic rings. The van der Waals surface area contributed by atoms with Crippen LogP contribution in [0.1, 0.15) is 6.92 Å². The lowest BCUT2D eigenvalue weighted by molar-refractivity contribution is -0.144. The second kappa shape index (κ2) is 6.37. The summed E-state index contributed by atoms with van der Waals surface area (Å²) in [6.07, 6.45) is 3.70. The standard InChI is InChI=1S/C11H14BrN3O4/c1-3-4-19-10(18)14-11(2,9(16)17)7-15-6-8(12)5-13-15/h3,5-6H,1,4,7H2,2H3,(H,14,18)(H,16,17). The molecule has 1 unspecified atom stereocenters. The molecule has 1 atom stereocenters. The van der Waals surface area contributed by atoms with Crippen LogP contribution in [0.3, 0.4) is 0 Å². The molecule has 1 amide bonds. The summed E-state index contributed by atoms with van der Waals surface area (Å²) < 4.78 is 6.84. The van der Waals surface area contributed by atoms with Gasteiger partial charge in [0.1, 0.15) is 6.61 Å². The van der Waals surface area contributed by atoms with Crippen molar-refractivity contribution in [2.45, 2.75) is 19.0 Å². The molecule has 0 fully saturated rings. The lowest BCUT2D eigenvalue weighted by Crippen LogP contribution is -2.55. The molecule has 104 valence electrons. The summed E-state index contributed by atoms with van der Waals surface area (Å²) in [6, 6.07) is 0. The number of amides is 1. The number of halogens is 1. The van der Waals surface area contributed by atoms with Crippen molar-refractivity contribution in [1.82, 2.24) is 15.1 Å². The van der Waals surface area contributed by atoms with Crippen LogP contribution in [-0.2, 0) is 16.1 Å². The van der Waals surface area contributed by atoms with Crippen molar-refractivity contribution in [2.75, 3.05) is 6.61 Å². The quantitative estimate of drug-likeness (QED) is 0.768. The Morgan fingerprint density at radius 1 is 1.74 bits per heavy atom. The minimum Gasteiger partial charge on any atom is -0.479 e. The maximum atomic E-state index is 11.4. The summed E-state index contributed by atoms with van der Waals surface area (Å²) in [5.41, 5.74) is -1.52. The molecule has 19 heavy (non-hydrogen) atoms.